The Morgan fingerprint density at radius 1 is 1.07 bits per heavy atom. The normalized spacial score (nSPS) is 10.7. The van der Waals surface area contributed by atoms with Gasteiger partial charge in [-0.25, -0.2) is 13.6 Å². The van der Waals surface area contributed by atoms with Crippen molar-refractivity contribution in [2.24, 2.45) is 11.5 Å². The number of aromatic nitrogens is 2. The standard InChI is InChI=1S/C28H26F2N4O4.C2H5NO2/c29-20-12-11-19(22(30)15-20)17-38-24-8-4-6-18-14-21(32-27(18)24)16-34-13-5-7-23(28(34)37)33-26(36)10-3-1-2-9-25(31)35;1-5-2(3)4/h2,4-9,11-15,32H,1,3,10,16-17H2,(H2,31,35)(H,33,36);1H3,(H2,3,4)/b9-2+;. The minimum Gasteiger partial charge on any atom is -0.487 e. The fraction of sp³-hybridized carbons (Fsp3) is 0.200. The summed E-state index contributed by atoms with van der Waals surface area (Å²) in [6, 6.07) is 13.8. The van der Waals surface area contributed by atoms with Gasteiger partial charge < -0.3 is 35.8 Å². The number of allylic oxidation sites excluding steroid dienone is 1. The van der Waals surface area contributed by atoms with Crippen LogP contribution in [0, 0.1) is 11.6 Å². The molecule has 0 aliphatic heterocycles. The van der Waals surface area contributed by atoms with Crippen molar-refractivity contribution in [3.63, 3.8) is 0 Å². The molecular formula is C30H31F2N5O6. The first-order chi connectivity index (χ1) is 20.6. The molecule has 0 bridgehead atoms. The highest BCUT2D eigenvalue weighted by atomic mass is 19.1. The van der Waals surface area contributed by atoms with Crippen LogP contribution in [0.2, 0.25) is 0 Å². The maximum Gasteiger partial charge on any atom is 0.404 e. The van der Waals surface area contributed by atoms with Crippen LogP contribution < -0.4 is 27.1 Å². The van der Waals surface area contributed by atoms with E-state index in [1.807, 2.05) is 12.1 Å². The number of fused-ring (bicyclic) bond motifs is 1. The summed E-state index contributed by atoms with van der Waals surface area (Å²) in [5.74, 6) is -1.71. The molecule has 0 spiro atoms. The topological polar surface area (TPSA) is 172 Å². The van der Waals surface area contributed by atoms with E-state index in [0.29, 0.717) is 24.1 Å². The number of carbonyl (C=O) groups is 3. The average Bonchev–Trinajstić information content (AvgIpc) is 3.38. The number of nitrogens with one attached hydrogen (secondary N) is 2. The molecule has 4 rings (SSSR count). The third-order valence-corrected chi connectivity index (χ3v) is 5.96. The fourth-order valence-corrected chi connectivity index (χ4v) is 3.92. The van der Waals surface area contributed by atoms with Crippen molar-refractivity contribution in [3.8, 4) is 5.75 Å². The number of hydrogen-bond acceptors (Lipinski definition) is 6. The predicted octanol–water partition coefficient (Wildman–Crippen LogP) is 4.10. The molecule has 0 saturated carbocycles. The van der Waals surface area contributed by atoms with Crippen molar-refractivity contribution in [1.82, 2.24) is 9.55 Å². The van der Waals surface area contributed by atoms with E-state index in [1.54, 1.807) is 30.5 Å². The fourth-order valence-electron chi connectivity index (χ4n) is 3.92. The van der Waals surface area contributed by atoms with E-state index < -0.39 is 23.6 Å². The van der Waals surface area contributed by atoms with E-state index >= 15 is 0 Å². The van der Waals surface area contributed by atoms with E-state index in [1.165, 1.54) is 36.0 Å². The SMILES string of the molecule is COC(N)=O.NC(=O)/C=C/CCCC(=O)Nc1cccn(Cc2cc3cccc(OCc4ccc(F)cc4F)c3[nH]2)c1=O. The predicted molar refractivity (Wildman–Crippen MR) is 156 cm³/mol. The number of para-hydroxylation sites is 1. The molecule has 0 radical (unpaired) electrons. The van der Waals surface area contributed by atoms with Crippen LogP contribution in [0.15, 0.2) is 77.7 Å². The summed E-state index contributed by atoms with van der Waals surface area (Å²) in [6.45, 7) is 0.128. The van der Waals surface area contributed by atoms with Crippen molar-refractivity contribution in [1.29, 1.82) is 0 Å². The van der Waals surface area contributed by atoms with Crippen LogP contribution in [0.1, 0.15) is 30.5 Å². The number of nitrogens with zero attached hydrogens (tertiary/aromatic N) is 1. The molecule has 2 heterocycles. The number of methoxy groups -OCH3 is 1. The van der Waals surface area contributed by atoms with Gasteiger partial charge in [-0.1, -0.05) is 18.2 Å². The molecule has 0 atom stereocenters. The van der Waals surface area contributed by atoms with Crippen molar-refractivity contribution in [2.45, 2.75) is 32.4 Å². The molecule has 3 amide bonds. The zero-order chi connectivity index (χ0) is 31.4. The number of pyridine rings is 1. The molecule has 6 N–H and O–H groups in total. The van der Waals surface area contributed by atoms with E-state index in [4.69, 9.17) is 10.5 Å². The number of halogens is 2. The van der Waals surface area contributed by atoms with Gasteiger partial charge in [-0.3, -0.25) is 14.4 Å². The highest BCUT2D eigenvalue weighted by Gasteiger charge is 2.12. The van der Waals surface area contributed by atoms with Crippen molar-refractivity contribution >= 4 is 34.5 Å². The first-order valence-electron chi connectivity index (χ1n) is 13.0. The smallest absolute Gasteiger partial charge is 0.404 e. The Kier molecular flexibility index (Phi) is 11.6. The summed E-state index contributed by atoms with van der Waals surface area (Å²) in [5.41, 5.74) is 10.9. The van der Waals surface area contributed by atoms with Gasteiger partial charge in [0.2, 0.25) is 11.8 Å². The zero-order valence-corrected chi connectivity index (χ0v) is 23.3. The molecule has 4 aromatic rings. The molecule has 0 aliphatic rings. The number of anilines is 1. The molecule has 13 heteroatoms. The Hall–Kier alpha value is -5.46. The van der Waals surface area contributed by atoms with Gasteiger partial charge >= 0.3 is 6.09 Å². The van der Waals surface area contributed by atoms with Crippen LogP contribution >= 0.6 is 0 Å². The average molecular weight is 596 g/mol. The molecular weight excluding hydrogens is 564 g/mol. The number of H-pyrrole nitrogens is 1. The molecule has 0 fully saturated rings. The number of amides is 3. The van der Waals surface area contributed by atoms with E-state index in [2.05, 4.69) is 20.8 Å². The minimum absolute atomic E-state index is 0.0811. The van der Waals surface area contributed by atoms with Gasteiger partial charge in [0.25, 0.3) is 5.56 Å². The van der Waals surface area contributed by atoms with E-state index in [9.17, 15) is 28.0 Å². The Morgan fingerprint density at radius 3 is 2.53 bits per heavy atom. The molecule has 0 unspecified atom stereocenters. The first kappa shape index (κ1) is 32.1. The van der Waals surface area contributed by atoms with Gasteiger partial charge in [0, 0.05) is 35.3 Å². The summed E-state index contributed by atoms with van der Waals surface area (Å²) < 4.78 is 38.3. The Labute approximate surface area is 245 Å². The number of carbonyl (C=O) groups excluding carboxylic acids is 3. The lowest BCUT2D eigenvalue weighted by Crippen LogP contribution is -2.25. The zero-order valence-electron chi connectivity index (χ0n) is 23.3. The molecule has 2 aromatic carbocycles. The Morgan fingerprint density at radius 2 is 1.84 bits per heavy atom. The maximum absolute atomic E-state index is 14.0. The van der Waals surface area contributed by atoms with Crippen LogP contribution in [0.25, 0.3) is 10.9 Å². The number of ether oxygens (including phenoxy) is 2. The van der Waals surface area contributed by atoms with Gasteiger partial charge in [-0.15, -0.1) is 0 Å². The third-order valence-electron chi connectivity index (χ3n) is 5.96. The summed E-state index contributed by atoms with van der Waals surface area (Å²) in [7, 11) is 1.22. The first-order valence-corrected chi connectivity index (χ1v) is 13.0. The lowest BCUT2D eigenvalue weighted by molar-refractivity contribution is -0.116. The second-order valence-corrected chi connectivity index (χ2v) is 9.16. The van der Waals surface area contributed by atoms with Gasteiger partial charge in [-0.05, 0) is 55.3 Å². The Balaban J connectivity index is 0.000000934. The summed E-state index contributed by atoms with van der Waals surface area (Å²) >= 11 is 0. The lowest BCUT2D eigenvalue weighted by atomic mass is 10.2. The van der Waals surface area contributed by atoms with Gasteiger partial charge in [0.15, 0.2) is 0 Å². The minimum atomic E-state index is -0.745. The number of benzene rings is 2. The monoisotopic (exact) mass is 595 g/mol. The number of hydrogen-bond donors (Lipinski definition) is 4. The van der Waals surface area contributed by atoms with Gasteiger partial charge in [0.1, 0.15) is 29.7 Å². The summed E-state index contributed by atoms with van der Waals surface area (Å²) in [4.78, 5) is 48.5. The molecule has 11 nitrogen and oxygen atoms in total. The number of aromatic amines is 1. The summed E-state index contributed by atoms with van der Waals surface area (Å²) in [5, 5.41) is 3.47. The second kappa shape index (κ2) is 15.5. The van der Waals surface area contributed by atoms with Gasteiger partial charge in [-0.2, -0.15) is 0 Å². The molecule has 43 heavy (non-hydrogen) atoms. The Bertz CT molecular complexity index is 1680. The second-order valence-electron chi connectivity index (χ2n) is 9.16. The van der Waals surface area contributed by atoms with Gasteiger partial charge in [0.05, 0.1) is 19.2 Å². The quantitative estimate of drug-likeness (QED) is 0.150. The lowest BCUT2D eigenvalue weighted by Gasteiger charge is -2.09. The molecule has 2 aromatic heterocycles. The number of primary amides is 2. The van der Waals surface area contributed by atoms with Crippen molar-refractivity contribution in [3.05, 3.63) is 106 Å². The van der Waals surface area contributed by atoms with Crippen molar-refractivity contribution < 1.29 is 32.6 Å². The van der Waals surface area contributed by atoms with Crippen LogP contribution in [0.5, 0.6) is 5.75 Å². The number of unbranched alkanes of at least 4 members (excludes halogenated alkanes) is 1. The maximum atomic E-state index is 14.0. The molecule has 0 aliphatic carbocycles. The third kappa shape index (κ3) is 9.85. The van der Waals surface area contributed by atoms with Crippen molar-refractivity contribution in [2.75, 3.05) is 12.4 Å². The van der Waals surface area contributed by atoms with E-state index in [0.717, 1.165) is 17.1 Å². The highest BCUT2D eigenvalue weighted by Crippen LogP contribution is 2.27. The largest absolute Gasteiger partial charge is 0.487 e. The van der Waals surface area contributed by atoms with Crippen LogP contribution in [0.3, 0.4) is 0 Å². The van der Waals surface area contributed by atoms with Crippen LogP contribution in [0.4, 0.5) is 19.3 Å². The van der Waals surface area contributed by atoms with Crippen LogP contribution in [-0.2, 0) is 27.5 Å². The van der Waals surface area contributed by atoms with E-state index in [-0.39, 0.29) is 42.3 Å². The summed E-state index contributed by atoms with van der Waals surface area (Å²) in [6.07, 6.45) is 4.92. The molecule has 226 valence electrons. The molecule has 0 saturated heterocycles. The number of rotatable bonds is 11. The highest BCUT2D eigenvalue weighted by molar-refractivity contribution is 5.90. The number of nitrogens with two attached hydrogens (primary N) is 2. The van der Waals surface area contributed by atoms with Crippen LogP contribution in [-0.4, -0.2) is 34.6 Å².